The summed E-state index contributed by atoms with van der Waals surface area (Å²) in [4.78, 5) is 45.4. The van der Waals surface area contributed by atoms with Gasteiger partial charge in [0.15, 0.2) is 0 Å². The molecule has 172 valence electrons. The summed E-state index contributed by atoms with van der Waals surface area (Å²) in [6.07, 6.45) is 2.51. The van der Waals surface area contributed by atoms with E-state index in [1.165, 1.54) is 17.6 Å². The number of para-hydroxylation sites is 1. The highest BCUT2D eigenvalue weighted by Gasteiger charge is 2.53. The van der Waals surface area contributed by atoms with Gasteiger partial charge in [-0.15, -0.1) is 12.4 Å². The van der Waals surface area contributed by atoms with E-state index in [1.807, 2.05) is 19.9 Å². The normalized spacial score (nSPS) is 19.6. The van der Waals surface area contributed by atoms with Crippen molar-refractivity contribution < 1.29 is 14.4 Å². The average molecular weight is 451 g/mol. The molecule has 1 aromatic rings. The first-order valence-electron chi connectivity index (χ1n) is 11.1. The zero-order chi connectivity index (χ0) is 21.7. The fraction of sp³-hybridized carbons (Fsp3) is 0.609. The number of benzene rings is 1. The van der Waals surface area contributed by atoms with Crippen LogP contribution in [0.15, 0.2) is 30.3 Å². The maximum Gasteiger partial charge on any atom is 0.333 e. The Balaban J connectivity index is 0.00000341. The molecule has 3 rings (SSSR count). The highest BCUT2D eigenvalue weighted by Crippen LogP contribution is 2.35. The van der Waals surface area contributed by atoms with Crippen molar-refractivity contribution >= 4 is 35.9 Å². The molecular formula is C23H35ClN4O3. The molecule has 2 fully saturated rings. The molecule has 31 heavy (non-hydrogen) atoms. The first-order valence-corrected chi connectivity index (χ1v) is 11.1. The molecule has 0 unspecified atom stereocenters. The highest BCUT2D eigenvalue weighted by atomic mass is 35.5. The van der Waals surface area contributed by atoms with Crippen molar-refractivity contribution in [3.63, 3.8) is 0 Å². The number of carbonyl (C=O) groups excluding carboxylic acids is 3. The number of rotatable bonds is 8. The van der Waals surface area contributed by atoms with Crippen LogP contribution in [0.1, 0.15) is 39.5 Å². The second kappa shape index (κ2) is 11.0. The number of nitrogens with zero attached hydrogens (tertiary/aromatic N) is 4. The molecule has 1 aromatic carbocycles. The van der Waals surface area contributed by atoms with Crippen LogP contribution < -0.4 is 4.90 Å². The quantitative estimate of drug-likeness (QED) is 0.449. The zero-order valence-corrected chi connectivity index (χ0v) is 19.7. The van der Waals surface area contributed by atoms with Gasteiger partial charge in [0.1, 0.15) is 5.41 Å². The number of hydrogen-bond donors (Lipinski definition) is 0. The van der Waals surface area contributed by atoms with E-state index in [0.717, 1.165) is 50.5 Å². The summed E-state index contributed by atoms with van der Waals surface area (Å²) in [5, 5.41) is 0. The molecule has 2 aliphatic heterocycles. The third-order valence-corrected chi connectivity index (χ3v) is 6.69. The molecule has 0 spiro atoms. The molecule has 0 bridgehead atoms. The highest BCUT2D eigenvalue weighted by molar-refractivity contribution is 6.18. The van der Waals surface area contributed by atoms with Gasteiger partial charge in [-0.2, -0.15) is 0 Å². The van der Waals surface area contributed by atoms with Crippen molar-refractivity contribution in [2.24, 2.45) is 5.41 Å². The first-order chi connectivity index (χ1) is 14.4. The van der Waals surface area contributed by atoms with Crippen LogP contribution in [0.5, 0.6) is 0 Å². The SMILES string of the molecule is CCC1(CC)C(=O)N(C)C(=O)N(CCCCN2CCN(c3ccccc3)CC2)C1=O.Cl. The summed E-state index contributed by atoms with van der Waals surface area (Å²) in [6.45, 7) is 9.07. The number of urea groups is 1. The standard InChI is InChI=1S/C23H34N4O3.ClH/c1-4-23(5-2)20(28)24(3)22(30)27(21(23)29)14-10-9-13-25-15-17-26(18-16-25)19-11-7-6-8-12-19;/h6-8,11-12H,4-5,9-10,13-18H2,1-3H3;1H. The van der Waals surface area contributed by atoms with E-state index in [0.29, 0.717) is 19.4 Å². The maximum atomic E-state index is 13.0. The number of amides is 4. The lowest BCUT2D eigenvalue weighted by molar-refractivity contribution is -0.158. The van der Waals surface area contributed by atoms with Gasteiger partial charge in [-0.25, -0.2) is 4.79 Å². The van der Waals surface area contributed by atoms with Crippen molar-refractivity contribution in [3.05, 3.63) is 30.3 Å². The zero-order valence-electron chi connectivity index (χ0n) is 18.9. The summed E-state index contributed by atoms with van der Waals surface area (Å²) >= 11 is 0. The lowest BCUT2D eigenvalue weighted by atomic mass is 9.78. The Morgan fingerprint density at radius 2 is 1.42 bits per heavy atom. The summed E-state index contributed by atoms with van der Waals surface area (Å²) < 4.78 is 0. The summed E-state index contributed by atoms with van der Waals surface area (Å²) in [6, 6.07) is 9.99. The number of barbiturate groups is 1. The number of anilines is 1. The van der Waals surface area contributed by atoms with Gasteiger partial charge in [-0.3, -0.25) is 24.3 Å². The third-order valence-electron chi connectivity index (χ3n) is 6.69. The maximum absolute atomic E-state index is 13.0. The van der Waals surface area contributed by atoms with Gasteiger partial charge in [0.2, 0.25) is 11.8 Å². The topological polar surface area (TPSA) is 64.2 Å². The van der Waals surface area contributed by atoms with Crippen molar-refractivity contribution in [1.29, 1.82) is 0 Å². The smallest absolute Gasteiger partial charge is 0.333 e. The van der Waals surface area contributed by atoms with Crippen LogP contribution >= 0.6 is 12.4 Å². The Kier molecular flexibility index (Phi) is 8.89. The van der Waals surface area contributed by atoms with Crippen LogP contribution in [0.25, 0.3) is 0 Å². The molecule has 2 saturated heterocycles. The Bertz CT molecular complexity index is 761. The summed E-state index contributed by atoms with van der Waals surface area (Å²) in [7, 11) is 1.48. The average Bonchev–Trinajstić information content (AvgIpc) is 2.79. The first kappa shape index (κ1) is 25.1. The minimum atomic E-state index is -1.09. The minimum Gasteiger partial charge on any atom is -0.369 e. The van der Waals surface area contributed by atoms with Gasteiger partial charge in [0, 0.05) is 45.5 Å². The number of halogens is 1. The van der Waals surface area contributed by atoms with Crippen LogP contribution in [0.4, 0.5) is 10.5 Å². The van der Waals surface area contributed by atoms with Crippen molar-refractivity contribution in [3.8, 4) is 0 Å². The number of carbonyl (C=O) groups is 3. The number of unbranched alkanes of at least 4 members (excludes halogenated alkanes) is 1. The van der Waals surface area contributed by atoms with E-state index in [1.54, 1.807) is 0 Å². The molecule has 2 aliphatic rings. The fourth-order valence-electron chi connectivity index (χ4n) is 4.55. The second-order valence-corrected chi connectivity index (χ2v) is 8.26. The number of imide groups is 2. The van der Waals surface area contributed by atoms with E-state index >= 15 is 0 Å². The lowest BCUT2D eigenvalue weighted by Gasteiger charge is -2.42. The predicted octanol–water partition coefficient (Wildman–Crippen LogP) is 3.24. The van der Waals surface area contributed by atoms with Gasteiger partial charge in [-0.1, -0.05) is 32.0 Å². The lowest BCUT2D eigenvalue weighted by Crippen LogP contribution is -2.63. The predicted molar refractivity (Wildman–Crippen MR) is 124 cm³/mol. The largest absolute Gasteiger partial charge is 0.369 e. The van der Waals surface area contributed by atoms with Crippen LogP contribution in [0.2, 0.25) is 0 Å². The van der Waals surface area contributed by atoms with Crippen molar-refractivity contribution in [2.75, 3.05) is 51.2 Å². The Labute approximate surface area is 191 Å². The van der Waals surface area contributed by atoms with E-state index in [2.05, 4.69) is 34.1 Å². The molecule has 2 heterocycles. The molecule has 8 heteroatoms. The van der Waals surface area contributed by atoms with Gasteiger partial charge < -0.3 is 4.90 Å². The molecule has 0 aromatic heterocycles. The molecular weight excluding hydrogens is 416 g/mol. The Morgan fingerprint density at radius 1 is 0.839 bits per heavy atom. The molecule has 0 saturated carbocycles. The second-order valence-electron chi connectivity index (χ2n) is 8.26. The number of piperazine rings is 1. The van der Waals surface area contributed by atoms with Crippen LogP contribution in [-0.4, -0.2) is 78.9 Å². The fourth-order valence-corrected chi connectivity index (χ4v) is 4.55. The van der Waals surface area contributed by atoms with Crippen LogP contribution in [0.3, 0.4) is 0 Å². The minimum absolute atomic E-state index is 0. The van der Waals surface area contributed by atoms with Crippen molar-refractivity contribution in [1.82, 2.24) is 14.7 Å². The Morgan fingerprint density at radius 3 is 2.00 bits per heavy atom. The molecule has 7 nitrogen and oxygen atoms in total. The van der Waals surface area contributed by atoms with Gasteiger partial charge in [0.25, 0.3) is 0 Å². The Hall–Kier alpha value is -2.12. The van der Waals surface area contributed by atoms with Crippen molar-refractivity contribution in [2.45, 2.75) is 39.5 Å². The van der Waals surface area contributed by atoms with Gasteiger partial charge >= 0.3 is 6.03 Å². The van der Waals surface area contributed by atoms with E-state index < -0.39 is 11.4 Å². The molecule has 0 aliphatic carbocycles. The number of hydrogen-bond acceptors (Lipinski definition) is 5. The van der Waals surface area contributed by atoms with E-state index in [9.17, 15) is 14.4 Å². The van der Waals surface area contributed by atoms with E-state index in [-0.39, 0.29) is 24.2 Å². The molecule has 0 atom stereocenters. The summed E-state index contributed by atoms with van der Waals surface area (Å²) in [5.74, 6) is -0.688. The van der Waals surface area contributed by atoms with E-state index in [4.69, 9.17) is 0 Å². The summed E-state index contributed by atoms with van der Waals surface area (Å²) in [5.41, 5.74) is 0.185. The van der Waals surface area contributed by atoms with Gasteiger partial charge in [0.05, 0.1) is 0 Å². The van der Waals surface area contributed by atoms with Gasteiger partial charge in [-0.05, 0) is 44.4 Å². The van der Waals surface area contributed by atoms with Crippen LogP contribution in [0, 0.1) is 5.41 Å². The molecule has 0 radical (unpaired) electrons. The molecule has 0 N–H and O–H groups in total. The third kappa shape index (κ3) is 5.04. The van der Waals surface area contributed by atoms with Crippen LogP contribution in [-0.2, 0) is 9.59 Å². The monoisotopic (exact) mass is 450 g/mol. The molecule has 4 amide bonds.